The van der Waals surface area contributed by atoms with Gasteiger partial charge in [-0.05, 0) is 80.3 Å². The van der Waals surface area contributed by atoms with E-state index in [0.717, 1.165) is 41.2 Å². The molecule has 0 atom stereocenters. The van der Waals surface area contributed by atoms with Crippen molar-refractivity contribution in [1.29, 1.82) is 0 Å². The van der Waals surface area contributed by atoms with Gasteiger partial charge in [-0.25, -0.2) is 0 Å². The van der Waals surface area contributed by atoms with Crippen LogP contribution in [0.15, 0.2) is 79.4 Å². The summed E-state index contributed by atoms with van der Waals surface area (Å²) in [5.74, 6) is 0.823. The Bertz CT molecular complexity index is 1070. The Morgan fingerprint density at radius 1 is 1.00 bits per heavy atom. The van der Waals surface area contributed by atoms with Gasteiger partial charge in [-0.15, -0.1) is 0 Å². The number of allylic oxidation sites excluding steroid dienone is 1. The van der Waals surface area contributed by atoms with Gasteiger partial charge < -0.3 is 4.74 Å². The van der Waals surface area contributed by atoms with Crippen LogP contribution in [0.25, 0.3) is 6.08 Å². The number of rotatable bonds is 4. The number of fused-ring (bicyclic) bond motifs is 1. The zero-order valence-electron chi connectivity index (χ0n) is 15.0. The molecule has 3 aromatic rings. The van der Waals surface area contributed by atoms with E-state index in [1.165, 1.54) is 17.3 Å². The van der Waals surface area contributed by atoms with E-state index in [1.807, 2.05) is 42.5 Å². The van der Waals surface area contributed by atoms with Gasteiger partial charge in [-0.3, -0.25) is 4.79 Å². The number of carbonyl (C=O) groups excluding carboxylic acids is 1. The van der Waals surface area contributed by atoms with Crippen molar-refractivity contribution >= 4 is 55.5 Å². The molecule has 0 aliphatic carbocycles. The van der Waals surface area contributed by atoms with Crippen LogP contribution >= 0.6 is 43.6 Å². The molecule has 1 aliphatic heterocycles. The zero-order valence-corrected chi connectivity index (χ0v) is 19.0. The van der Waals surface area contributed by atoms with Crippen molar-refractivity contribution in [3.8, 4) is 5.75 Å². The Balaban J connectivity index is 1.55. The summed E-state index contributed by atoms with van der Waals surface area (Å²) in [5.41, 5.74) is 4.05. The summed E-state index contributed by atoms with van der Waals surface area (Å²) in [5, 5.41) is 0. The molecule has 0 fully saturated rings. The van der Waals surface area contributed by atoms with Gasteiger partial charge in [0.25, 0.3) is 0 Å². The van der Waals surface area contributed by atoms with Gasteiger partial charge in [0.05, 0.1) is 13.9 Å². The molecule has 1 aliphatic rings. The van der Waals surface area contributed by atoms with E-state index in [-0.39, 0.29) is 5.78 Å². The standard InChI is InChI=1S/C23H16Br2O2S/c1-14-6-8-15(9-7-14)13-27-23-18(24)10-16(11-19(23)25)12-21-22(26)17-4-2-3-5-20(17)28-21/h2-12H,13H2,1H3/b21-12-. The van der Waals surface area contributed by atoms with E-state index in [2.05, 4.69) is 63.0 Å². The lowest BCUT2D eigenvalue weighted by Crippen LogP contribution is -1.98. The molecule has 0 aromatic heterocycles. The van der Waals surface area contributed by atoms with E-state index >= 15 is 0 Å². The molecular formula is C23H16Br2O2S. The fraction of sp³-hybridized carbons (Fsp3) is 0.0870. The van der Waals surface area contributed by atoms with Crippen molar-refractivity contribution < 1.29 is 9.53 Å². The highest BCUT2D eigenvalue weighted by Gasteiger charge is 2.25. The molecule has 3 aromatic carbocycles. The van der Waals surface area contributed by atoms with E-state index in [0.29, 0.717) is 6.61 Å². The van der Waals surface area contributed by atoms with Crippen molar-refractivity contribution in [1.82, 2.24) is 0 Å². The Kier molecular flexibility index (Phi) is 5.76. The van der Waals surface area contributed by atoms with Crippen molar-refractivity contribution in [2.45, 2.75) is 18.4 Å². The fourth-order valence-electron chi connectivity index (χ4n) is 2.93. The highest BCUT2D eigenvalue weighted by Crippen LogP contribution is 2.42. The third-order valence-corrected chi connectivity index (χ3v) is 6.67. The van der Waals surface area contributed by atoms with E-state index < -0.39 is 0 Å². The van der Waals surface area contributed by atoms with Crippen LogP contribution in [0.4, 0.5) is 0 Å². The number of benzene rings is 3. The molecular weight excluding hydrogens is 500 g/mol. The molecule has 1 heterocycles. The number of halogens is 2. The van der Waals surface area contributed by atoms with Gasteiger partial charge in [0.2, 0.25) is 5.78 Å². The number of hydrogen-bond acceptors (Lipinski definition) is 3. The summed E-state index contributed by atoms with van der Waals surface area (Å²) in [4.78, 5) is 14.3. The van der Waals surface area contributed by atoms with Gasteiger partial charge in [0.1, 0.15) is 12.4 Å². The van der Waals surface area contributed by atoms with E-state index in [1.54, 1.807) is 0 Å². The summed E-state index contributed by atoms with van der Waals surface area (Å²) in [6.45, 7) is 2.55. The Morgan fingerprint density at radius 3 is 2.36 bits per heavy atom. The van der Waals surface area contributed by atoms with Crippen molar-refractivity contribution in [2.24, 2.45) is 0 Å². The van der Waals surface area contributed by atoms with Gasteiger partial charge in [0.15, 0.2) is 0 Å². The van der Waals surface area contributed by atoms with Crippen molar-refractivity contribution in [2.75, 3.05) is 0 Å². The normalized spacial score (nSPS) is 14.4. The lowest BCUT2D eigenvalue weighted by Gasteiger charge is -2.12. The summed E-state index contributed by atoms with van der Waals surface area (Å²) in [6.07, 6.45) is 1.92. The van der Waals surface area contributed by atoms with Crippen LogP contribution in [0.1, 0.15) is 27.0 Å². The Hall–Kier alpha value is -1.82. The maximum atomic E-state index is 12.6. The number of hydrogen-bond donors (Lipinski definition) is 0. The summed E-state index contributed by atoms with van der Waals surface area (Å²) in [6, 6.07) is 19.9. The van der Waals surface area contributed by atoms with Crippen LogP contribution in [0, 0.1) is 6.92 Å². The highest BCUT2D eigenvalue weighted by molar-refractivity contribution is 9.11. The summed E-state index contributed by atoms with van der Waals surface area (Å²) in [7, 11) is 0. The van der Waals surface area contributed by atoms with E-state index in [4.69, 9.17) is 4.74 Å². The second kappa shape index (κ2) is 8.27. The molecule has 0 radical (unpaired) electrons. The maximum absolute atomic E-state index is 12.6. The fourth-order valence-corrected chi connectivity index (χ4v) is 5.43. The average Bonchev–Trinajstić information content (AvgIpc) is 2.98. The molecule has 0 unspecified atom stereocenters. The lowest BCUT2D eigenvalue weighted by molar-refractivity contribution is 0.104. The summed E-state index contributed by atoms with van der Waals surface area (Å²) >= 11 is 8.71. The number of thioether (sulfide) groups is 1. The molecule has 5 heteroatoms. The molecule has 0 amide bonds. The van der Waals surface area contributed by atoms with Gasteiger partial charge >= 0.3 is 0 Å². The molecule has 0 saturated carbocycles. The maximum Gasteiger partial charge on any atom is 0.200 e. The minimum Gasteiger partial charge on any atom is -0.487 e. The monoisotopic (exact) mass is 514 g/mol. The summed E-state index contributed by atoms with van der Waals surface area (Å²) < 4.78 is 7.69. The van der Waals surface area contributed by atoms with Crippen LogP contribution in [0.2, 0.25) is 0 Å². The second-order valence-corrected chi connectivity index (χ2v) is 9.32. The molecule has 2 nitrogen and oxygen atoms in total. The van der Waals surface area contributed by atoms with Gasteiger partial charge in [-0.1, -0.05) is 53.7 Å². The van der Waals surface area contributed by atoms with Crippen LogP contribution < -0.4 is 4.74 Å². The van der Waals surface area contributed by atoms with Gasteiger partial charge in [0, 0.05) is 10.5 Å². The zero-order chi connectivity index (χ0) is 19.7. The van der Waals surface area contributed by atoms with Crippen molar-refractivity contribution in [3.63, 3.8) is 0 Å². The topological polar surface area (TPSA) is 26.3 Å². The molecule has 140 valence electrons. The molecule has 28 heavy (non-hydrogen) atoms. The number of aryl methyl sites for hydroxylation is 1. The van der Waals surface area contributed by atoms with Crippen LogP contribution in [0.5, 0.6) is 5.75 Å². The minimum atomic E-state index is 0.0764. The van der Waals surface area contributed by atoms with Crippen LogP contribution in [-0.4, -0.2) is 5.78 Å². The molecule has 0 bridgehead atoms. The van der Waals surface area contributed by atoms with Gasteiger partial charge in [-0.2, -0.15) is 0 Å². The number of ketones is 1. The number of ether oxygens (including phenoxy) is 1. The SMILES string of the molecule is Cc1ccc(COc2c(Br)cc(/C=C3\Sc4ccccc4C3=O)cc2Br)cc1. The first-order chi connectivity index (χ1) is 13.5. The third kappa shape index (κ3) is 4.12. The average molecular weight is 516 g/mol. The Morgan fingerprint density at radius 2 is 1.68 bits per heavy atom. The predicted molar refractivity (Wildman–Crippen MR) is 122 cm³/mol. The highest BCUT2D eigenvalue weighted by atomic mass is 79.9. The van der Waals surface area contributed by atoms with Crippen LogP contribution in [0.3, 0.4) is 0 Å². The number of Topliss-reactive ketones (excluding diaryl/α,β-unsaturated/α-hetero) is 1. The van der Waals surface area contributed by atoms with Crippen LogP contribution in [-0.2, 0) is 6.61 Å². The Labute approximate surface area is 185 Å². The quantitative estimate of drug-likeness (QED) is 0.338. The molecule has 0 spiro atoms. The minimum absolute atomic E-state index is 0.0764. The molecule has 0 N–H and O–H groups in total. The third-order valence-electron chi connectivity index (χ3n) is 4.40. The first-order valence-corrected chi connectivity index (χ1v) is 11.1. The smallest absolute Gasteiger partial charge is 0.200 e. The number of carbonyl (C=O) groups is 1. The molecule has 4 rings (SSSR count). The van der Waals surface area contributed by atoms with Crippen molar-refractivity contribution in [3.05, 3.63) is 96.8 Å². The largest absolute Gasteiger partial charge is 0.487 e. The predicted octanol–water partition coefficient (Wildman–Crippen LogP) is 7.43. The van der Waals surface area contributed by atoms with E-state index in [9.17, 15) is 4.79 Å². The second-order valence-electron chi connectivity index (χ2n) is 6.52. The first kappa shape index (κ1) is 19.5. The lowest BCUT2D eigenvalue weighted by atomic mass is 10.1. The molecule has 0 saturated heterocycles. The first-order valence-electron chi connectivity index (χ1n) is 8.72.